The minimum absolute atomic E-state index is 0.236. The summed E-state index contributed by atoms with van der Waals surface area (Å²) in [6.07, 6.45) is 0.875. The van der Waals surface area contributed by atoms with Crippen LogP contribution in [0.2, 0.25) is 0 Å². The minimum Gasteiger partial charge on any atom is -0.310 e. The number of nitriles is 1. The summed E-state index contributed by atoms with van der Waals surface area (Å²) in [4.78, 5) is 0. The van der Waals surface area contributed by atoms with Gasteiger partial charge in [-0.3, -0.25) is 0 Å². The molecule has 0 bridgehead atoms. The molecule has 0 spiro atoms. The highest BCUT2D eigenvalue weighted by molar-refractivity contribution is 5.23. The van der Waals surface area contributed by atoms with Crippen molar-refractivity contribution in [2.24, 2.45) is 5.41 Å². The first-order valence-electron chi connectivity index (χ1n) is 6.16. The number of hydrogen-bond donors (Lipinski definition) is 1. The molecule has 0 aliphatic rings. The second-order valence-corrected chi connectivity index (χ2v) is 5.33. The lowest BCUT2D eigenvalue weighted by Crippen LogP contribution is -2.24. The predicted octanol–water partition coefficient (Wildman–Crippen LogP) is 3.59. The van der Waals surface area contributed by atoms with Crippen LogP contribution >= 0.6 is 0 Å². The van der Waals surface area contributed by atoms with Crippen LogP contribution in [-0.4, -0.2) is 6.54 Å². The Morgan fingerprint density at radius 1 is 1.29 bits per heavy atom. The van der Waals surface area contributed by atoms with Gasteiger partial charge < -0.3 is 5.32 Å². The largest absolute Gasteiger partial charge is 0.310 e. The molecule has 1 atom stereocenters. The lowest BCUT2D eigenvalue weighted by Gasteiger charge is -2.19. The predicted molar refractivity (Wildman–Crippen MR) is 71.6 cm³/mol. The fourth-order valence-electron chi connectivity index (χ4n) is 1.63. The van der Waals surface area contributed by atoms with Gasteiger partial charge in [-0.05, 0) is 46.2 Å². The number of benzene rings is 1. The fourth-order valence-corrected chi connectivity index (χ4v) is 1.63. The number of rotatable bonds is 5. The number of hydrogen-bond acceptors (Lipinski definition) is 2. The molecule has 1 aromatic rings. The summed E-state index contributed by atoms with van der Waals surface area (Å²) >= 11 is 0. The molecule has 2 nitrogen and oxygen atoms in total. The van der Waals surface area contributed by atoms with Crippen LogP contribution in [-0.2, 0) is 0 Å². The highest BCUT2D eigenvalue weighted by Gasteiger charge is 2.16. The second-order valence-electron chi connectivity index (χ2n) is 5.33. The van der Waals surface area contributed by atoms with Crippen molar-refractivity contribution in [1.29, 1.82) is 5.26 Å². The van der Waals surface area contributed by atoms with Gasteiger partial charge in [-0.15, -0.1) is 0 Å². The molecule has 0 aliphatic heterocycles. The molecule has 0 aliphatic carbocycles. The molecule has 17 heavy (non-hydrogen) atoms. The van der Waals surface area contributed by atoms with Gasteiger partial charge in [0.15, 0.2) is 0 Å². The Kier molecular flexibility index (Phi) is 4.72. The van der Waals surface area contributed by atoms with Crippen molar-refractivity contribution in [2.45, 2.75) is 40.2 Å². The molecule has 1 aromatic carbocycles. The maximum absolute atomic E-state index is 8.93. The van der Waals surface area contributed by atoms with E-state index in [9.17, 15) is 0 Å². The van der Waals surface area contributed by atoms with E-state index < -0.39 is 0 Å². The Morgan fingerprint density at radius 2 is 1.88 bits per heavy atom. The summed E-state index contributed by atoms with van der Waals surface area (Å²) in [7, 11) is 0. The van der Waals surface area contributed by atoms with E-state index in [4.69, 9.17) is 5.26 Å². The molecule has 92 valence electrons. The highest BCUT2D eigenvalue weighted by Crippen LogP contribution is 2.19. The molecule has 0 unspecified atom stereocenters. The van der Waals surface area contributed by atoms with E-state index in [0.29, 0.717) is 6.04 Å². The SMILES string of the molecule is Cc1ccc([C@H](C)NCCC(C)(C)C#N)cc1. The van der Waals surface area contributed by atoms with Gasteiger partial charge in [-0.2, -0.15) is 5.26 Å². The van der Waals surface area contributed by atoms with Gasteiger partial charge in [0, 0.05) is 6.04 Å². The summed E-state index contributed by atoms with van der Waals surface area (Å²) in [6.45, 7) is 9.08. The van der Waals surface area contributed by atoms with E-state index in [-0.39, 0.29) is 5.41 Å². The average molecular weight is 230 g/mol. The molecule has 0 saturated heterocycles. The van der Waals surface area contributed by atoms with E-state index in [2.05, 4.69) is 49.5 Å². The minimum atomic E-state index is -0.236. The van der Waals surface area contributed by atoms with E-state index in [1.165, 1.54) is 11.1 Å². The van der Waals surface area contributed by atoms with Crippen molar-refractivity contribution in [3.05, 3.63) is 35.4 Å². The normalized spacial score (nSPS) is 13.1. The van der Waals surface area contributed by atoms with E-state index in [1.54, 1.807) is 0 Å². The van der Waals surface area contributed by atoms with E-state index in [0.717, 1.165) is 13.0 Å². The molecule has 0 heterocycles. The van der Waals surface area contributed by atoms with Gasteiger partial charge >= 0.3 is 0 Å². The third-order valence-corrected chi connectivity index (χ3v) is 3.08. The van der Waals surface area contributed by atoms with Gasteiger partial charge in [-0.25, -0.2) is 0 Å². The molecule has 0 fully saturated rings. The van der Waals surface area contributed by atoms with Gasteiger partial charge in [0.2, 0.25) is 0 Å². The highest BCUT2D eigenvalue weighted by atomic mass is 14.9. The third-order valence-electron chi connectivity index (χ3n) is 3.08. The van der Waals surface area contributed by atoms with Crippen LogP contribution in [0.15, 0.2) is 24.3 Å². The first-order valence-corrected chi connectivity index (χ1v) is 6.16. The number of aryl methyl sites for hydroxylation is 1. The Bertz CT molecular complexity index is 384. The maximum atomic E-state index is 8.93. The molecular formula is C15H22N2. The Hall–Kier alpha value is -1.33. The fraction of sp³-hybridized carbons (Fsp3) is 0.533. The lowest BCUT2D eigenvalue weighted by molar-refractivity contribution is 0.416. The topological polar surface area (TPSA) is 35.8 Å². The van der Waals surface area contributed by atoms with Gasteiger partial charge in [0.25, 0.3) is 0 Å². The maximum Gasteiger partial charge on any atom is 0.0684 e. The van der Waals surface area contributed by atoms with Crippen LogP contribution in [0.25, 0.3) is 0 Å². The quantitative estimate of drug-likeness (QED) is 0.839. The number of nitrogens with one attached hydrogen (secondary N) is 1. The van der Waals surface area contributed by atoms with Crippen LogP contribution < -0.4 is 5.32 Å². The summed E-state index contributed by atoms with van der Waals surface area (Å²) < 4.78 is 0. The van der Waals surface area contributed by atoms with Gasteiger partial charge in [-0.1, -0.05) is 29.8 Å². The smallest absolute Gasteiger partial charge is 0.0684 e. The monoisotopic (exact) mass is 230 g/mol. The van der Waals surface area contributed by atoms with Crippen molar-refractivity contribution in [2.75, 3.05) is 6.54 Å². The van der Waals surface area contributed by atoms with E-state index in [1.807, 2.05) is 13.8 Å². The Labute approximate surface area is 105 Å². The zero-order valence-corrected chi connectivity index (χ0v) is 11.2. The molecule has 0 amide bonds. The third kappa shape index (κ3) is 4.58. The van der Waals surface area contributed by atoms with Crippen molar-refractivity contribution < 1.29 is 0 Å². The molecule has 0 aromatic heterocycles. The van der Waals surface area contributed by atoms with E-state index >= 15 is 0 Å². The molecule has 2 heteroatoms. The second kappa shape index (κ2) is 5.84. The van der Waals surface area contributed by atoms with Crippen LogP contribution in [0.5, 0.6) is 0 Å². The van der Waals surface area contributed by atoms with Crippen molar-refractivity contribution in [1.82, 2.24) is 5.32 Å². The first-order chi connectivity index (χ1) is 7.94. The van der Waals surface area contributed by atoms with Crippen LogP contribution in [0.1, 0.15) is 44.4 Å². The Balaban J connectivity index is 2.43. The van der Waals surface area contributed by atoms with Crippen LogP contribution in [0, 0.1) is 23.7 Å². The summed E-state index contributed by atoms with van der Waals surface area (Å²) in [5.41, 5.74) is 2.34. The molecule has 1 rings (SSSR count). The molecule has 1 N–H and O–H groups in total. The van der Waals surface area contributed by atoms with Crippen LogP contribution in [0.4, 0.5) is 0 Å². The zero-order chi connectivity index (χ0) is 12.9. The van der Waals surface area contributed by atoms with Gasteiger partial charge in [0.05, 0.1) is 11.5 Å². The molecule has 0 saturated carbocycles. The van der Waals surface area contributed by atoms with Gasteiger partial charge in [0.1, 0.15) is 0 Å². The van der Waals surface area contributed by atoms with Crippen LogP contribution in [0.3, 0.4) is 0 Å². The zero-order valence-electron chi connectivity index (χ0n) is 11.2. The van der Waals surface area contributed by atoms with Crippen molar-refractivity contribution in [3.63, 3.8) is 0 Å². The number of nitrogens with zero attached hydrogens (tertiary/aromatic N) is 1. The summed E-state index contributed by atoms with van der Waals surface area (Å²) in [5, 5.41) is 12.4. The average Bonchev–Trinajstić information content (AvgIpc) is 2.29. The molecule has 0 radical (unpaired) electrons. The lowest BCUT2D eigenvalue weighted by atomic mass is 9.91. The Morgan fingerprint density at radius 3 is 2.41 bits per heavy atom. The van der Waals surface area contributed by atoms with Crippen molar-refractivity contribution in [3.8, 4) is 6.07 Å². The summed E-state index contributed by atoms with van der Waals surface area (Å²) in [5.74, 6) is 0. The standard InChI is InChI=1S/C15H22N2/c1-12-5-7-14(8-6-12)13(2)17-10-9-15(3,4)11-16/h5-8,13,17H,9-10H2,1-4H3/t13-/m0/s1. The summed E-state index contributed by atoms with van der Waals surface area (Å²) in [6, 6.07) is 11.2. The first kappa shape index (κ1) is 13.7. The molecular weight excluding hydrogens is 208 g/mol. The van der Waals surface area contributed by atoms with Crippen molar-refractivity contribution >= 4 is 0 Å².